The maximum atomic E-state index is 13.9. The summed E-state index contributed by atoms with van der Waals surface area (Å²) in [5.41, 5.74) is 8.18. The average Bonchev–Trinajstić information content (AvgIpc) is 2.44. The van der Waals surface area contributed by atoms with Gasteiger partial charge >= 0.3 is 0 Å². The van der Waals surface area contributed by atoms with E-state index in [4.69, 9.17) is 15.7 Å². The van der Waals surface area contributed by atoms with Gasteiger partial charge in [0.25, 0.3) is 0 Å². The Balaban J connectivity index is 2.42. The van der Waals surface area contributed by atoms with Crippen LogP contribution in [0.2, 0.25) is 0 Å². The Bertz CT molecular complexity index is 692. The summed E-state index contributed by atoms with van der Waals surface area (Å²) in [6, 6.07) is 9.91. The molecular weight excluding hydrogens is 257 g/mol. The Labute approximate surface area is 116 Å². The fraction of sp³-hybridized carbons (Fsp3) is 0.133. The molecule has 0 radical (unpaired) electrons. The fourth-order valence-corrected chi connectivity index (χ4v) is 1.81. The van der Waals surface area contributed by atoms with E-state index in [-0.39, 0.29) is 11.4 Å². The highest BCUT2D eigenvalue weighted by Crippen LogP contribution is 2.31. The number of nitrogens with one attached hydrogen (secondary N) is 1. The summed E-state index contributed by atoms with van der Waals surface area (Å²) in [7, 11) is 1.47. The van der Waals surface area contributed by atoms with Gasteiger partial charge in [0.05, 0.1) is 30.1 Å². The number of nitriles is 1. The van der Waals surface area contributed by atoms with E-state index in [9.17, 15) is 4.39 Å². The van der Waals surface area contributed by atoms with Crippen LogP contribution >= 0.6 is 0 Å². The first-order valence-electron chi connectivity index (χ1n) is 5.96. The standard InChI is InChI=1S/C15H14FN3O/c1-9-3-4-10(8-17)5-13(9)19-14-7-15(20-2)12(18)6-11(14)16/h3-7,19H,18H2,1-2H3. The second-order valence-corrected chi connectivity index (χ2v) is 4.34. The Morgan fingerprint density at radius 3 is 2.65 bits per heavy atom. The minimum Gasteiger partial charge on any atom is -0.495 e. The lowest BCUT2D eigenvalue weighted by molar-refractivity contribution is 0.416. The van der Waals surface area contributed by atoms with Crippen molar-refractivity contribution in [3.05, 3.63) is 47.3 Å². The monoisotopic (exact) mass is 271 g/mol. The van der Waals surface area contributed by atoms with E-state index in [1.54, 1.807) is 18.2 Å². The topological polar surface area (TPSA) is 71.1 Å². The number of nitrogen functional groups attached to an aromatic ring is 1. The minimum atomic E-state index is -0.481. The maximum absolute atomic E-state index is 13.9. The summed E-state index contributed by atoms with van der Waals surface area (Å²) >= 11 is 0. The summed E-state index contributed by atoms with van der Waals surface area (Å²) in [6.07, 6.45) is 0. The van der Waals surface area contributed by atoms with Crippen molar-refractivity contribution < 1.29 is 9.13 Å². The SMILES string of the molecule is COc1cc(Nc2cc(C#N)ccc2C)c(F)cc1N. The van der Waals surface area contributed by atoms with Crippen LogP contribution in [0, 0.1) is 24.1 Å². The predicted octanol–water partition coefficient (Wildman–Crippen LogP) is 3.34. The zero-order valence-corrected chi connectivity index (χ0v) is 11.2. The van der Waals surface area contributed by atoms with Gasteiger partial charge in [-0.15, -0.1) is 0 Å². The fourth-order valence-electron chi connectivity index (χ4n) is 1.81. The Hall–Kier alpha value is -2.74. The molecule has 2 rings (SSSR count). The number of anilines is 3. The smallest absolute Gasteiger partial charge is 0.148 e. The molecule has 4 nitrogen and oxygen atoms in total. The quantitative estimate of drug-likeness (QED) is 0.840. The van der Waals surface area contributed by atoms with Gasteiger partial charge in [0, 0.05) is 17.8 Å². The average molecular weight is 271 g/mol. The molecule has 0 unspecified atom stereocenters. The number of methoxy groups -OCH3 is 1. The Morgan fingerprint density at radius 1 is 1.25 bits per heavy atom. The minimum absolute atomic E-state index is 0.234. The van der Waals surface area contributed by atoms with Gasteiger partial charge in [0.15, 0.2) is 0 Å². The van der Waals surface area contributed by atoms with Gasteiger partial charge in [-0.25, -0.2) is 4.39 Å². The first-order valence-corrected chi connectivity index (χ1v) is 5.96. The van der Waals surface area contributed by atoms with Gasteiger partial charge in [-0.05, 0) is 24.6 Å². The second kappa shape index (κ2) is 5.49. The number of nitrogens with zero attached hydrogens (tertiary/aromatic N) is 1. The molecule has 0 spiro atoms. The molecule has 0 aliphatic heterocycles. The molecule has 5 heteroatoms. The molecule has 0 saturated carbocycles. The number of nitrogens with two attached hydrogens (primary N) is 1. The first kappa shape index (κ1) is 13.7. The molecule has 0 aliphatic rings. The third-order valence-electron chi connectivity index (χ3n) is 2.96. The summed E-state index contributed by atoms with van der Waals surface area (Å²) in [5, 5.41) is 11.9. The van der Waals surface area contributed by atoms with Crippen LogP contribution in [0.15, 0.2) is 30.3 Å². The molecule has 0 amide bonds. The summed E-state index contributed by atoms with van der Waals surface area (Å²) < 4.78 is 19.0. The summed E-state index contributed by atoms with van der Waals surface area (Å²) in [4.78, 5) is 0. The van der Waals surface area contributed by atoms with Crippen molar-refractivity contribution in [2.45, 2.75) is 6.92 Å². The molecular formula is C15H14FN3O. The van der Waals surface area contributed by atoms with E-state index in [2.05, 4.69) is 5.32 Å². The summed E-state index contributed by atoms with van der Waals surface area (Å²) in [5.74, 6) is -0.0898. The lowest BCUT2D eigenvalue weighted by atomic mass is 10.1. The van der Waals surface area contributed by atoms with Crippen molar-refractivity contribution in [2.24, 2.45) is 0 Å². The van der Waals surface area contributed by atoms with Gasteiger partial charge in [-0.3, -0.25) is 0 Å². The lowest BCUT2D eigenvalue weighted by Gasteiger charge is -2.13. The highest BCUT2D eigenvalue weighted by Gasteiger charge is 2.10. The van der Waals surface area contributed by atoms with Crippen molar-refractivity contribution >= 4 is 17.1 Å². The Morgan fingerprint density at radius 2 is 2.00 bits per heavy atom. The molecule has 0 fully saturated rings. The van der Waals surface area contributed by atoms with E-state index in [0.717, 1.165) is 5.56 Å². The summed E-state index contributed by atoms with van der Waals surface area (Å²) in [6.45, 7) is 1.87. The zero-order chi connectivity index (χ0) is 14.7. The molecule has 0 atom stereocenters. The van der Waals surface area contributed by atoms with Crippen molar-refractivity contribution in [2.75, 3.05) is 18.2 Å². The predicted molar refractivity (Wildman–Crippen MR) is 76.5 cm³/mol. The van der Waals surface area contributed by atoms with Gasteiger partial charge < -0.3 is 15.8 Å². The van der Waals surface area contributed by atoms with Crippen LogP contribution in [0.25, 0.3) is 0 Å². The third-order valence-corrected chi connectivity index (χ3v) is 2.96. The van der Waals surface area contributed by atoms with Gasteiger partial charge in [0.2, 0.25) is 0 Å². The van der Waals surface area contributed by atoms with E-state index >= 15 is 0 Å². The van der Waals surface area contributed by atoms with Crippen molar-refractivity contribution in [1.29, 1.82) is 5.26 Å². The van der Waals surface area contributed by atoms with Crippen LogP contribution in [-0.2, 0) is 0 Å². The molecule has 0 bridgehead atoms. The van der Waals surface area contributed by atoms with Crippen molar-refractivity contribution in [3.63, 3.8) is 0 Å². The molecule has 2 aromatic rings. The van der Waals surface area contributed by atoms with Gasteiger partial charge in [-0.1, -0.05) is 6.07 Å². The first-order chi connectivity index (χ1) is 9.55. The van der Waals surface area contributed by atoms with E-state index in [1.165, 1.54) is 19.2 Å². The largest absolute Gasteiger partial charge is 0.495 e. The number of ether oxygens (including phenoxy) is 1. The molecule has 20 heavy (non-hydrogen) atoms. The second-order valence-electron chi connectivity index (χ2n) is 4.34. The molecule has 0 heterocycles. The van der Waals surface area contributed by atoms with Crippen LogP contribution in [0.4, 0.5) is 21.5 Å². The normalized spacial score (nSPS) is 9.90. The molecule has 0 aromatic heterocycles. The van der Waals surface area contributed by atoms with E-state index in [1.807, 2.05) is 13.0 Å². The highest BCUT2D eigenvalue weighted by atomic mass is 19.1. The zero-order valence-electron chi connectivity index (χ0n) is 11.2. The molecule has 2 aromatic carbocycles. The third kappa shape index (κ3) is 2.64. The molecule has 3 N–H and O–H groups in total. The van der Waals surface area contributed by atoms with Crippen LogP contribution < -0.4 is 15.8 Å². The number of hydrogen-bond acceptors (Lipinski definition) is 4. The number of benzene rings is 2. The van der Waals surface area contributed by atoms with Crippen LogP contribution in [0.5, 0.6) is 5.75 Å². The van der Waals surface area contributed by atoms with Crippen molar-refractivity contribution in [1.82, 2.24) is 0 Å². The number of aryl methyl sites for hydroxylation is 1. The number of hydrogen-bond donors (Lipinski definition) is 2. The molecule has 102 valence electrons. The van der Waals surface area contributed by atoms with Crippen LogP contribution in [0.1, 0.15) is 11.1 Å². The van der Waals surface area contributed by atoms with Crippen LogP contribution in [-0.4, -0.2) is 7.11 Å². The highest BCUT2D eigenvalue weighted by molar-refractivity contribution is 5.70. The number of halogens is 1. The van der Waals surface area contributed by atoms with Crippen molar-refractivity contribution in [3.8, 4) is 11.8 Å². The molecule has 0 saturated heterocycles. The number of rotatable bonds is 3. The lowest BCUT2D eigenvalue weighted by Crippen LogP contribution is -2.00. The maximum Gasteiger partial charge on any atom is 0.148 e. The van der Waals surface area contributed by atoms with E-state index in [0.29, 0.717) is 17.0 Å². The van der Waals surface area contributed by atoms with Crippen LogP contribution in [0.3, 0.4) is 0 Å². The Kier molecular flexibility index (Phi) is 3.76. The van der Waals surface area contributed by atoms with Gasteiger partial charge in [0.1, 0.15) is 11.6 Å². The van der Waals surface area contributed by atoms with Gasteiger partial charge in [-0.2, -0.15) is 5.26 Å². The van der Waals surface area contributed by atoms with E-state index < -0.39 is 5.82 Å². The molecule has 0 aliphatic carbocycles.